The van der Waals surface area contributed by atoms with Crippen molar-refractivity contribution in [2.24, 2.45) is 0 Å². The molecule has 0 bridgehead atoms. The van der Waals surface area contributed by atoms with Gasteiger partial charge >= 0.3 is 0 Å². The molecular formula is C15H23NO4. The van der Waals surface area contributed by atoms with E-state index in [-0.39, 0.29) is 5.91 Å². The predicted octanol–water partition coefficient (Wildman–Crippen LogP) is 2.47. The maximum Gasteiger partial charge on any atom is 0.256 e. The van der Waals surface area contributed by atoms with Crippen LogP contribution in [-0.2, 0) is 14.3 Å². The summed E-state index contributed by atoms with van der Waals surface area (Å²) in [4.78, 5) is 12.1. The molecule has 0 fully saturated rings. The van der Waals surface area contributed by atoms with Gasteiger partial charge in [-0.2, -0.15) is 0 Å². The molecule has 5 heteroatoms. The van der Waals surface area contributed by atoms with Crippen LogP contribution in [0.2, 0.25) is 0 Å². The zero-order chi connectivity index (χ0) is 15.0. The maximum atomic E-state index is 12.1. The minimum absolute atomic E-state index is 0.157. The van der Waals surface area contributed by atoms with Crippen LogP contribution in [0.15, 0.2) is 24.3 Å². The van der Waals surface area contributed by atoms with Gasteiger partial charge in [-0.1, -0.05) is 6.92 Å². The standard InChI is InChI=1S/C15H23NO4/c1-5-15(2,19-4)14(17)16-12-6-8-13(9-7-12)20-11-10-18-3/h6-9H,5,10-11H2,1-4H3,(H,16,17)/t15-/m0/s1. The molecule has 0 aliphatic rings. The normalized spacial score (nSPS) is 13.6. The van der Waals surface area contributed by atoms with Crippen molar-refractivity contribution >= 4 is 11.6 Å². The first-order valence-corrected chi connectivity index (χ1v) is 6.64. The Morgan fingerprint density at radius 3 is 2.35 bits per heavy atom. The lowest BCUT2D eigenvalue weighted by Crippen LogP contribution is -2.41. The molecule has 112 valence electrons. The molecule has 1 rings (SSSR count). The van der Waals surface area contributed by atoms with Crippen molar-refractivity contribution in [3.05, 3.63) is 24.3 Å². The molecular weight excluding hydrogens is 258 g/mol. The van der Waals surface area contributed by atoms with Crippen LogP contribution >= 0.6 is 0 Å². The maximum absolute atomic E-state index is 12.1. The molecule has 1 N–H and O–H groups in total. The van der Waals surface area contributed by atoms with E-state index in [0.717, 1.165) is 5.75 Å². The first-order chi connectivity index (χ1) is 9.55. The number of hydrogen-bond donors (Lipinski definition) is 1. The number of nitrogens with one attached hydrogen (secondary N) is 1. The summed E-state index contributed by atoms with van der Waals surface area (Å²) in [5.74, 6) is 0.584. The van der Waals surface area contributed by atoms with E-state index in [1.807, 2.05) is 6.92 Å². The van der Waals surface area contributed by atoms with E-state index in [1.54, 1.807) is 38.3 Å². The summed E-state index contributed by atoms with van der Waals surface area (Å²) in [5, 5.41) is 2.83. The molecule has 0 saturated heterocycles. The largest absolute Gasteiger partial charge is 0.491 e. The quantitative estimate of drug-likeness (QED) is 0.744. The van der Waals surface area contributed by atoms with Gasteiger partial charge in [0.2, 0.25) is 0 Å². The zero-order valence-electron chi connectivity index (χ0n) is 12.6. The van der Waals surface area contributed by atoms with Gasteiger partial charge in [0, 0.05) is 19.9 Å². The van der Waals surface area contributed by atoms with Crippen molar-refractivity contribution in [1.82, 2.24) is 0 Å². The van der Waals surface area contributed by atoms with Crippen molar-refractivity contribution < 1.29 is 19.0 Å². The number of carbonyl (C=O) groups excluding carboxylic acids is 1. The van der Waals surface area contributed by atoms with Crippen LogP contribution in [0, 0.1) is 0 Å². The summed E-state index contributed by atoms with van der Waals surface area (Å²) in [6.07, 6.45) is 0.605. The average Bonchev–Trinajstić information content (AvgIpc) is 2.48. The lowest BCUT2D eigenvalue weighted by atomic mass is 10.0. The molecule has 5 nitrogen and oxygen atoms in total. The smallest absolute Gasteiger partial charge is 0.256 e. The Balaban J connectivity index is 2.59. The van der Waals surface area contributed by atoms with Gasteiger partial charge in [0.15, 0.2) is 0 Å². The molecule has 0 unspecified atom stereocenters. The van der Waals surface area contributed by atoms with Crippen LogP contribution in [0.4, 0.5) is 5.69 Å². The highest BCUT2D eigenvalue weighted by molar-refractivity contribution is 5.97. The van der Waals surface area contributed by atoms with Gasteiger partial charge in [0.25, 0.3) is 5.91 Å². The van der Waals surface area contributed by atoms with Gasteiger partial charge in [-0.25, -0.2) is 0 Å². The zero-order valence-corrected chi connectivity index (χ0v) is 12.6. The number of anilines is 1. The highest BCUT2D eigenvalue weighted by Gasteiger charge is 2.30. The van der Waals surface area contributed by atoms with Crippen LogP contribution in [0.3, 0.4) is 0 Å². The lowest BCUT2D eigenvalue weighted by molar-refractivity contribution is -0.136. The van der Waals surface area contributed by atoms with Gasteiger partial charge in [-0.05, 0) is 37.6 Å². The Bertz CT molecular complexity index is 412. The Morgan fingerprint density at radius 1 is 1.20 bits per heavy atom. The predicted molar refractivity (Wildman–Crippen MR) is 78.1 cm³/mol. The molecule has 0 aromatic heterocycles. The lowest BCUT2D eigenvalue weighted by Gasteiger charge is -2.25. The second-order valence-electron chi connectivity index (χ2n) is 4.61. The second-order valence-corrected chi connectivity index (χ2v) is 4.61. The minimum Gasteiger partial charge on any atom is -0.491 e. The van der Waals surface area contributed by atoms with E-state index < -0.39 is 5.60 Å². The third-order valence-electron chi connectivity index (χ3n) is 3.27. The number of ether oxygens (including phenoxy) is 3. The van der Waals surface area contributed by atoms with Gasteiger partial charge < -0.3 is 19.5 Å². The van der Waals surface area contributed by atoms with Gasteiger partial charge in [0.05, 0.1) is 6.61 Å². The first-order valence-electron chi connectivity index (χ1n) is 6.64. The molecule has 0 radical (unpaired) electrons. The van der Waals surface area contributed by atoms with E-state index in [2.05, 4.69) is 5.32 Å². The fourth-order valence-corrected chi connectivity index (χ4v) is 1.54. The van der Waals surface area contributed by atoms with E-state index in [9.17, 15) is 4.79 Å². The van der Waals surface area contributed by atoms with Gasteiger partial charge in [0.1, 0.15) is 18.0 Å². The average molecular weight is 281 g/mol. The molecule has 0 aliphatic heterocycles. The fourth-order valence-electron chi connectivity index (χ4n) is 1.54. The third-order valence-corrected chi connectivity index (χ3v) is 3.27. The van der Waals surface area contributed by atoms with Crippen LogP contribution in [0.1, 0.15) is 20.3 Å². The van der Waals surface area contributed by atoms with Crippen LogP contribution in [0.25, 0.3) is 0 Å². The summed E-state index contributed by atoms with van der Waals surface area (Å²) in [7, 11) is 3.17. The van der Waals surface area contributed by atoms with E-state index in [1.165, 1.54) is 7.11 Å². The number of methoxy groups -OCH3 is 2. The third kappa shape index (κ3) is 4.51. The van der Waals surface area contributed by atoms with Crippen molar-refractivity contribution in [1.29, 1.82) is 0 Å². The molecule has 1 aromatic carbocycles. The van der Waals surface area contributed by atoms with Crippen molar-refractivity contribution in [3.63, 3.8) is 0 Å². The van der Waals surface area contributed by atoms with Crippen molar-refractivity contribution in [3.8, 4) is 5.75 Å². The molecule has 0 heterocycles. The molecule has 0 aliphatic carbocycles. The number of amides is 1. The number of rotatable bonds is 8. The monoisotopic (exact) mass is 281 g/mol. The summed E-state index contributed by atoms with van der Waals surface area (Å²) >= 11 is 0. The molecule has 1 aromatic rings. The summed E-state index contributed by atoms with van der Waals surface area (Å²) in [5.41, 5.74) is -0.0981. The van der Waals surface area contributed by atoms with Crippen molar-refractivity contribution in [2.45, 2.75) is 25.9 Å². The SMILES string of the molecule is CC[C@](C)(OC)C(=O)Nc1ccc(OCCOC)cc1. The summed E-state index contributed by atoms with van der Waals surface area (Å²) in [6.45, 7) is 4.72. The van der Waals surface area contributed by atoms with Crippen LogP contribution in [0.5, 0.6) is 5.75 Å². The van der Waals surface area contributed by atoms with Crippen LogP contribution < -0.4 is 10.1 Å². The minimum atomic E-state index is -0.812. The number of hydrogen-bond acceptors (Lipinski definition) is 4. The van der Waals surface area contributed by atoms with E-state index >= 15 is 0 Å². The number of carbonyl (C=O) groups is 1. The molecule has 1 amide bonds. The Labute approximate surface area is 120 Å². The van der Waals surface area contributed by atoms with Crippen LogP contribution in [-0.4, -0.2) is 38.9 Å². The fraction of sp³-hybridized carbons (Fsp3) is 0.533. The number of benzene rings is 1. The van der Waals surface area contributed by atoms with E-state index in [4.69, 9.17) is 14.2 Å². The van der Waals surface area contributed by atoms with Gasteiger partial charge in [-0.15, -0.1) is 0 Å². The van der Waals surface area contributed by atoms with Crippen molar-refractivity contribution in [2.75, 3.05) is 32.8 Å². The van der Waals surface area contributed by atoms with E-state index in [0.29, 0.717) is 25.3 Å². The summed E-state index contributed by atoms with van der Waals surface area (Å²) in [6, 6.07) is 7.21. The summed E-state index contributed by atoms with van der Waals surface area (Å²) < 4.78 is 15.6. The Hall–Kier alpha value is -1.59. The highest BCUT2D eigenvalue weighted by Crippen LogP contribution is 2.20. The topological polar surface area (TPSA) is 56.8 Å². The Morgan fingerprint density at radius 2 is 1.85 bits per heavy atom. The Kier molecular flexibility index (Phi) is 6.48. The second kappa shape index (κ2) is 7.87. The first kappa shape index (κ1) is 16.5. The molecule has 20 heavy (non-hydrogen) atoms. The molecule has 1 atom stereocenters. The highest BCUT2D eigenvalue weighted by atomic mass is 16.5. The molecule has 0 spiro atoms. The van der Waals surface area contributed by atoms with Gasteiger partial charge in [-0.3, -0.25) is 4.79 Å². The molecule has 0 saturated carbocycles.